The fourth-order valence-corrected chi connectivity index (χ4v) is 3.29. The van der Waals surface area contributed by atoms with Gasteiger partial charge < -0.3 is 20.3 Å². The van der Waals surface area contributed by atoms with E-state index in [0.717, 1.165) is 13.2 Å². The van der Waals surface area contributed by atoms with Crippen LogP contribution in [0.3, 0.4) is 0 Å². The molecular formula is C15H29N3O2. The van der Waals surface area contributed by atoms with Gasteiger partial charge in [0.2, 0.25) is 5.91 Å². The fourth-order valence-electron chi connectivity index (χ4n) is 3.29. The van der Waals surface area contributed by atoms with Crippen LogP contribution in [0.25, 0.3) is 0 Å². The Labute approximate surface area is 122 Å². The van der Waals surface area contributed by atoms with Crippen molar-refractivity contribution >= 4 is 5.91 Å². The van der Waals surface area contributed by atoms with Crippen LogP contribution in [0.5, 0.6) is 0 Å². The lowest BCUT2D eigenvalue weighted by molar-refractivity contribution is -0.122. The lowest BCUT2D eigenvalue weighted by Gasteiger charge is -2.28. The van der Waals surface area contributed by atoms with Gasteiger partial charge in [-0.25, -0.2) is 0 Å². The maximum absolute atomic E-state index is 11.9. The summed E-state index contributed by atoms with van der Waals surface area (Å²) in [5.41, 5.74) is 0. The smallest absolute Gasteiger partial charge is 0.220 e. The van der Waals surface area contributed by atoms with E-state index in [-0.39, 0.29) is 5.91 Å². The predicted octanol–water partition coefficient (Wildman–Crippen LogP) is 0.602. The zero-order valence-corrected chi connectivity index (χ0v) is 12.9. The highest BCUT2D eigenvalue weighted by Crippen LogP contribution is 2.32. The van der Waals surface area contributed by atoms with Gasteiger partial charge in [0.25, 0.3) is 0 Å². The first-order valence-corrected chi connectivity index (χ1v) is 7.88. The molecular weight excluding hydrogens is 254 g/mol. The van der Waals surface area contributed by atoms with Crippen LogP contribution in [0.15, 0.2) is 0 Å². The molecule has 5 nitrogen and oxygen atoms in total. The highest BCUT2D eigenvalue weighted by molar-refractivity contribution is 5.76. The summed E-state index contributed by atoms with van der Waals surface area (Å²) in [6.07, 6.45) is 5.61. The van der Waals surface area contributed by atoms with Gasteiger partial charge in [0.15, 0.2) is 0 Å². The highest BCUT2D eigenvalue weighted by atomic mass is 16.5. The zero-order valence-electron chi connectivity index (χ0n) is 12.9. The summed E-state index contributed by atoms with van der Waals surface area (Å²) in [5, 5.41) is 6.58. The first-order chi connectivity index (χ1) is 9.63. The minimum atomic E-state index is 0.188. The monoisotopic (exact) mass is 283 g/mol. The Morgan fingerprint density at radius 2 is 1.95 bits per heavy atom. The number of hydrogen-bond donors (Lipinski definition) is 2. The van der Waals surface area contributed by atoms with Crippen LogP contribution in [0.1, 0.15) is 32.1 Å². The Morgan fingerprint density at radius 3 is 2.60 bits per heavy atom. The third-order valence-electron chi connectivity index (χ3n) is 4.30. The van der Waals surface area contributed by atoms with Crippen molar-refractivity contribution in [3.05, 3.63) is 0 Å². The van der Waals surface area contributed by atoms with E-state index in [9.17, 15) is 4.79 Å². The molecule has 0 aromatic rings. The van der Waals surface area contributed by atoms with Gasteiger partial charge in [0.1, 0.15) is 0 Å². The normalized spacial score (nSPS) is 28.9. The summed E-state index contributed by atoms with van der Waals surface area (Å²) in [5.74, 6) is 0.760. The molecule has 0 saturated carbocycles. The number of ether oxygens (including phenoxy) is 1. The van der Waals surface area contributed by atoms with Crippen LogP contribution in [0, 0.1) is 5.92 Å². The minimum absolute atomic E-state index is 0.188. The number of carbonyl (C=O) groups is 1. The molecule has 0 aromatic carbocycles. The van der Waals surface area contributed by atoms with Crippen molar-refractivity contribution in [2.75, 3.05) is 40.4 Å². The van der Waals surface area contributed by atoms with Gasteiger partial charge in [-0.2, -0.15) is 0 Å². The highest BCUT2D eigenvalue weighted by Gasteiger charge is 2.33. The van der Waals surface area contributed by atoms with Crippen LogP contribution in [0.4, 0.5) is 0 Å². The molecule has 0 aliphatic carbocycles. The quantitative estimate of drug-likeness (QED) is 0.641. The Morgan fingerprint density at radius 1 is 1.25 bits per heavy atom. The van der Waals surface area contributed by atoms with Crippen LogP contribution >= 0.6 is 0 Å². The number of hydrogen-bond acceptors (Lipinski definition) is 4. The SMILES string of the molecule is CN(C)CCOCCNC(=O)CC1CC2CCC(C1)N2. The van der Waals surface area contributed by atoms with Crippen molar-refractivity contribution in [1.82, 2.24) is 15.5 Å². The van der Waals surface area contributed by atoms with E-state index in [1.165, 1.54) is 25.7 Å². The Balaban J connectivity index is 1.50. The third-order valence-corrected chi connectivity index (χ3v) is 4.30. The average molecular weight is 283 g/mol. The van der Waals surface area contributed by atoms with Crippen molar-refractivity contribution in [2.24, 2.45) is 5.92 Å². The molecule has 2 aliphatic rings. The first-order valence-electron chi connectivity index (χ1n) is 7.88. The van der Waals surface area contributed by atoms with E-state index in [4.69, 9.17) is 4.74 Å². The number of rotatable bonds is 8. The van der Waals surface area contributed by atoms with Gasteiger partial charge >= 0.3 is 0 Å². The number of nitrogens with zero attached hydrogens (tertiary/aromatic N) is 1. The van der Waals surface area contributed by atoms with Crippen LogP contribution in [-0.4, -0.2) is 63.3 Å². The first kappa shape index (κ1) is 15.7. The summed E-state index contributed by atoms with van der Waals surface area (Å²) < 4.78 is 5.46. The van der Waals surface area contributed by atoms with Crippen LogP contribution in [0.2, 0.25) is 0 Å². The van der Waals surface area contributed by atoms with Crippen LogP contribution < -0.4 is 10.6 Å². The van der Waals surface area contributed by atoms with E-state index in [2.05, 4.69) is 15.5 Å². The molecule has 2 fully saturated rings. The molecule has 2 N–H and O–H groups in total. The van der Waals surface area contributed by atoms with Crippen LogP contribution in [-0.2, 0) is 9.53 Å². The van der Waals surface area contributed by atoms with Gasteiger partial charge in [-0.1, -0.05) is 0 Å². The Kier molecular flexibility index (Phi) is 6.26. The van der Waals surface area contributed by atoms with Crippen molar-refractivity contribution in [1.29, 1.82) is 0 Å². The molecule has 2 aliphatic heterocycles. The molecule has 0 aromatic heterocycles. The predicted molar refractivity (Wildman–Crippen MR) is 79.7 cm³/mol. The molecule has 2 saturated heterocycles. The number of nitrogens with one attached hydrogen (secondary N) is 2. The molecule has 2 heterocycles. The second-order valence-corrected chi connectivity index (χ2v) is 6.45. The zero-order chi connectivity index (χ0) is 14.4. The number of likely N-dealkylation sites (N-methyl/N-ethyl adjacent to an activating group) is 1. The van der Waals surface area contributed by atoms with Crippen molar-refractivity contribution in [3.8, 4) is 0 Å². The number of carbonyl (C=O) groups excluding carboxylic acids is 1. The molecule has 2 unspecified atom stereocenters. The van der Waals surface area contributed by atoms with E-state index >= 15 is 0 Å². The number of fused-ring (bicyclic) bond motifs is 2. The van der Waals surface area contributed by atoms with Crippen molar-refractivity contribution in [3.63, 3.8) is 0 Å². The lowest BCUT2D eigenvalue weighted by Crippen LogP contribution is -2.40. The second kappa shape index (κ2) is 7.96. The average Bonchev–Trinajstić information content (AvgIpc) is 2.72. The van der Waals surface area contributed by atoms with E-state index in [1.54, 1.807) is 0 Å². The molecule has 5 heteroatoms. The topological polar surface area (TPSA) is 53.6 Å². The maximum Gasteiger partial charge on any atom is 0.220 e. The molecule has 2 atom stereocenters. The van der Waals surface area contributed by atoms with E-state index in [1.807, 2.05) is 14.1 Å². The molecule has 2 rings (SSSR count). The lowest BCUT2D eigenvalue weighted by atomic mass is 9.89. The van der Waals surface area contributed by atoms with Crippen molar-refractivity contribution in [2.45, 2.75) is 44.2 Å². The largest absolute Gasteiger partial charge is 0.378 e. The molecule has 0 radical (unpaired) electrons. The summed E-state index contributed by atoms with van der Waals surface area (Å²) in [7, 11) is 4.05. The second-order valence-electron chi connectivity index (χ2n) is 6.45. The van der Waals surface area contributed by atoms with E-state index < -0.39 is 0 Å². The number of piperidine rings is 1. The van der Waals surface area contributed by atoms with Gasteiger partial charge in [0.05, 0.1) is 13.2 Å². The standard InChI is InChI=1S/C15H29N3O2/c1-18(2)6-8-20-7-5-16-15(19)11-12-9-13-3-4-14(10-12)17-13/h12-14,17H,3-11H2,1-2H3,(H,16,19). The third kappa shape index (κ3) is 5.38. The van der Waals surface area contributed by atoms with Crippen molar-refractivity contribution < 1.29 is 9.53 Å². The van der Waals surface area contributed by atoms with E-state index in [0.29, 0.717) is 37.6 Å². The van der Waals surface area contributed by atoms with Gasteiger partial charge in [0, 0.05) is 31.6 Å². The minimum Gasteiger partial charge on any atom is -0.378 e. The molecule has 1 amide bonds. The summed E-state index contributed by atoms with van der Waals surface area (Å²) >= 11 is 0. The summed E-state index contributed by atoms with van der Waals surface area (Å²) in [6.45, 7) is 2.88. The Bertz CT molecular complexity index is 297. The van der Waals surface area contributed by atoms with Gasteiger partial charge in [-0.05, 0) is 45.7 Å². The molecule has 116 valence electrons. The summed E-state index contributed by atoms with van der Waals surface area (Å²) in [6, 6.07) is 1.34. The molecule has 20 heavy (non-hydrogen) atoms. The molecule has 0 spiro atoms. The maximum atomic E-state index is 11.9. The summed E-state index contributed by atoms with van der Waals surface area (Å²) in [4.78, 5) is 14.0. The number of amides is 1. The Hall–Kier alpha value is -0.650. The van der Waals surface area contributed by atoms with Gasteiger partial charge in [-0.3, -0.25) is 4.79 Å². The fraction of sp³-hybridized carbons (Fsp3) is 0.933. The molecule has 2 bridgehead atoms. The van der Waals surface area contributed by atoms with Gasteiger partial charge in [-0.15, -0.1) is 0 Å².